The Labute approximate surface area is 130 Å². The molecule has 1 heterocycles. The molecule has 0 atom stereocenters. The lowest BCUT2D eigenvalue weighted by atomic mass is 10.1. The maximum atomic E-state index is 13.2. The molecule has 3 rings (SSSR count). The van der Waals surface area contributed by atoms with E-state index < -0.39 is 17.6 Å². The number of carboxylic acids is 1. The van der Waals surface area contributed by atoms with E-state index in [1.54, 1.807) is 6.92 Å². The van der Waals surface area contributed by atoms with Crippen LogP contribution in [0.15, 0.2) is 48.5 Å². The molecule has 0 amide bonds. The molecule has 4 nitrogen and oxygen atoms in total. The Hall–Kier alpha value is -3.02. The van der Waals surface area contributed by atoms with E-state index >= 15 is 0 Å². The summed E-state index contributed by atoms with van der Waals surface area (Å²) >= 11 is 0. The first-order chi connectivity index (χ1) is 11.0. The Morgan fingerprint density at radius 3 is 2.04 bits per heavy atom. The van der Waals surface area contributed by atoms with Gasteiger partial charge in [0.15, 0.2) is 0 Å². The van der Waals surface area contributed by atoms with Crippen molar-refractivity contribution in [2.45, 2.75) is 6.92 Å². The summed E-state index contributed by atoms with van der Waals surface area (Å²) in [4.78, 5) is 11.6. The maximum absolute atomic E-state index is 13.2. The van der Waals surface area contributed by atoms with Gasteiger partial charge in [-0.05, 0) is 55.5 Å². The molecule has 0 unspecified atom stereocenters. The van der Waals surface area contributed by atoms with Gasteiger partial charge in [-0.3, -0.25) is 0 Å². The summed E-state index contributed by atoms with van der Waals surface area (Å²) in [5.41, 5.74) is 1.69. The molecule has 0 radical (unpaired) electrons. The molecule has 1 aromatic heterocycles. The predicted molar refractivity (Wildman–Crippen MR) is 80.6 cm³/mol. The molecule has 1 N–H and O–H groups in total. The fourth-order valence-corrected chi connectivity index (χ4v) is 2.43. The molecule has 0 saturated heterocycles. The third-order valence-electron chi connectivity index (χ3n) is 3.46. The predicted octanol–water partition coefficient (Wildman–Crippen LogP) is 3.82. The van der Waals surface area contributed by atoms with E-state index in [0.717, 1.165) is 0 Å². The van der Waals surface area contributed by atoms with Gasteiger partial charge in [-0.15, -0.1) is 0 Å². The highest BCUT2D eigenvalue weighted by atomic mass is 19.1. The van der Waals surface area contributed by atoms with E-state index in [0.29, 0.717) is 22.6 Å². The van der Waals surface area contributed by atoms with Crippen LogP contribution in [0, 0.1) is 18.6 Å². The minimum atomic E-state index is -1.13. The van der Waals surface area contributed by atoms with Crippen LogP contribution in [0.25, 0.3) is 16.9 Å². The molecule has 23 heavy (non-hydrogen) atoms. The number of benzene rings is 2. The van der Waals surface area contributed by atoms with Crippen molar-refractivity contribution in [1.82, 2.24) is 9.78 Å². The van der Waals surface area contributed by atoms with Gasteiger partial charge in [0.05, 0.1) is 17.1 Å². The van der Waals surface area contributed by atoms with Crippen LogP contribution in [0.4, 0.5) is 8.78 Å². The van der Waals surface area contributed by atoms with Crippen LogP contribution in [0.5, 0.6) is 0 Å². The van der Waals surface area contributed by atoms with Crippen molar-refractivity contribution in [3.63, 3.8) is 0 Å². The zero-order chi connectivity index (χ0) is 16.6. The number of carbonyl (C=O) groups is 1. The molecule has 0 bridgehead atoms. The van der Waals surface area contributed by atoms with Crippen LogP contribution in [0.2, 0.25) is 0 Å². The van der Waals surface area contributed by atoms with Crippen LogP contribution >= 0.6 is 0 Å². The van der Waals surface area contributed by atoms with E-state index in [-0.39, 0.29) is 5.56 Å². The molecule has 0 spiro atoms. The van der Waals surface area contributed by atoms with E-state index in [1.165, 1.54) is 53.2 Å². The lowest BCUT2D eigenvalue weighted by Crippen LogP contribution is -2.03. The lowest BCUT2D eigenvalue weighted by Gasteiger charge is -2.09. The van der Waals surface area contributed by atoms with Crippen LogP contribution in [-0.2, 0) is 0 Å². The van der Waals surface area contributed by atoms with Crippen molar-refractivity contribution in [2.75, 3.05) is 0 Å². The highest BCUT2D eigenvalue weighted by Crippen LogP contribution is 2.29. The van der Waals surface area contributed by atoms with Gasteiger partial charge in [0, 0.05) is 5.56 Å². The second-order valence-corrected chi connectivity index (χ2v) is 5.01. The number of hydrogen-bond donors (Lipinski definition) is 1. The Morgan fingerprint density at radius 1 is 1.00 bits per heavy atom. The largest absolute Gasteiger partial charge is 0.478 e. The fourth-order valence-electron chi connectivity index (χ4n) is 2.43. The number of aryl methyl sites for hydroxylation is 1. The quantitative estimate of drug-likeness (QED) is 0.799. The van der Waals surface area contributed by atoms with Gasteiger partial charge in [0.1, 0.15) is 17.2 Å². The first kappa shape index (κ1) is 14.9. The first-order valence-electron chi connectivity index (χ1n) is 6.82. The summed E-state index contributed by atoms with van der Waals surface area (Å²) in [6, 6.07) is 11.0. The topological polar surface area (TPSA) is 55.1 Å². The van der Waals surface area contributed by atoms with E-state index in [2.05, 4.69) is 5.10 Å². The smallest absolute Gasteiger partial charge is 0.339 e. The highest BCUT2D eigenvalue weighted by molar-refractivity contribution is 5.96. The number of hydrogen-bond acceptors (Lipinski definition) is 2. The second kappa shape index (κ2) is 5.64. The Kier molecular flexibility index (Phi) is 3.65. The first-order valence-corrected chi connectivity index (χ1v) is 6.82. The summed E-state index contributed by atoms with van der Waals surface area (Å²) in [6.45, 7) is 1.58. The molecule has 0 aliphatic carbocycles. The third kappa shape index (κ3) is 2.70. The zero-order valence-corrected chi connectivity index (χ0v) is 12.1. The van der Waals surface area contributed by atoms with Gasteiger partial charge in [-0.2, -0.15) is 5.10 Å². The zero-order valence-electron chi connectivity index (χ0n) is 12.1. The van der Waals surface area contributed by atoms with Crippen molar-refractivity contribution in [1.29, 1.82) is 0 Å². The number of aromatic carboxylic acids is 1. The van der Waals surface area contributed by atoms with Crippen LogP contribution < -0.4 is 0 Å². The van der Waals surface area contributed by atoms with Crippen molar-refractivity contribution in [3.05, 3.63) is 71.4 Å². The maximum Gasteiger partial charge on any atom is 0.339 e. The fraction of sp³-hybridized carbons (Fsp3) is 0.0588. The van der Waals surface area contributed by atoms with Crippen molar-refractivity contribution >= 4 is 5.97 Å². The minimum Gasteiger partial charge on any atom is -0.478 e. The standard InChI is InChI=1S/C17H12F2N2O2/c1-10-15(17(22)23)16(11-2-4-12(18)5-3-11)21(20-10)14-8-6-13(19)7-9-14/h2-9H,1H3,(H,22,23). The molecule has 0 saturated carbocycles. The summed E-state index contributed by atoms with van der Waals surface area (Å²) < 4.78 is 27.7. The minimum absolute atomic E-state index is 0.0286. The van der Waals surface area contributed by atoms with E-state index in [4.69, 9.17) is 0 Å². The van der Waals surface area contributed by atoms with Gasteiger partial charge < -0.3 is 5.11 Å². The molecular formula is C17H12F2N2O2. The SMILES string of the molecule is Cc1nn(-c2ccc(F)cc2)c(-c2ccc(F)cc2)c1C(=O)O. The van der Waals surface area contributed by atoms with E-state index in [9.17, 15) is 18.7 Å². The Bertz CT molecular complexity index is 869. The number of rotatable bonds is 3. The van der Waals surface area contributed by atoms with Crippen molar-refractivity contribution in [2.24, 2.45) is 0 Å². The molecule has 3 aromatic rings. The number of nitrogens with zero attached hydrogens (tertiary/aromatic N) is 2. The van der Waals surface area contributed by atoms with Gasteiger partial charge in [-0.1, -0.05) is 0 Å². The monoisotopic (exact) mass is 314 g/mol. The van der Waals surface area contributed by atoms with Crippen molar-refractivity contribution in [3.8, 4) is 16.9 Å². The van der Waals surface area contributed by atoms with Gasteiger partial charge in [-0.25, -0.2) is 18.3 Å². The molecular weight excluding hydrogens is 302 g/mol. The Morgan fingerprint density at radius 2 is 1.52 bits per heavy atom. The number of aromatic nitrogens is 2. The van der Waals surface area contributed by atoms with Crippen LogP contribution in [0.3, 0.4) is 0 Å². The Balaban J connectivity index is 2.28. The normalized spacial score (nSPS) is 10.7. The summed E-state index contributed by atoms with van der Waals surface area (Å²) in [7, 11) is 0. The van der Waals surface area contributed by atoms with Crippen LogP contribution in [0.1, 0.15) is 16.1 Å². The highest BCUT2D eigenvalue weighted by Gasteiger charge is 2.23. The summed E-state index contributed by atoms with van der Waals surface area (Å²) in [6.07, 6.45) is 0. The molecule has 116 valence electrons. The number of halogens is 2. The number of carboxylic acid groups (broad SMARTS) is 1. The second-order valence-electron chi connectivity index (χ2n) is 5.01. The molecule has 6 heteroatoms. The van der Waals surface area contributed by atoms with Gasteiger partial charge in [0.25, 0.3) is 0 Å². The van der Waals surface area contributed by atoms with Crippen LogP contribution in [-0.4, -0.2) is 20.9 Å². The van der Waals surface area contributed by atoms with Gasteiger partial charge in [0.2, 0.25) is 0 Å². The molecule has 0 aliphatic heterocycles. The van der Waals surface area contributed by atoms with Crippen molar-refractivity contribution < 1.29 is 18.7 Å². The van der Waals surface area contributed by atoms with E-state index in [1.807, 2.05) is 0 Å². The summed E-state index contributed by atoms with van der Waals surface area (Å²) in [5.74, 6) is -1.95. The molecule has 2 aromatic carbocycles. The lowest BCUT2D eigenvalue weighted by molar-refractivity contribution is 0.0697. The average molecular weight is 314 g/mol. The average Bonchev–Trinajstić information content (AvgIpc) is 2.86. The summed E-state index contributed by atoms with van der Waals surface area (Å²) in [5, 5.41) is 13.7. The molecule has 0 fully saturated rings. The third-order valence-corrected chi connectivity index (χ3v) is 3.46. The molecule has 0 aliphatic rings. The van der Waals surface area contributed by atoms with Gasteiger partial charge >= 0.3 is 5.97 Å².